The molecular formula is C13H18N2O3. The van der Waals surface area contributed by atoms with Gasteiger partial charge in [0.15, 0.2) is 0 Å². The summed E-state index contributed by atoms with van der Waals surface area (Å²) in [6, 6.07) is 6.18. The van der Waals surface area contributed by atoms with Crippen molar-refractivity contribution in [3.8, 4) is 0 Å². The molecule has 0 aliphatic carbocycles. The van der Waals surface area contributed by atoms with Gasteiger partial charge in [-0.05, 0) is 31.0 Å². The molecule has 0 bridgehead atoms. The highest BCUT2D eigenvalue weighted by Crippen LogP contribution is 2.17. The quantitative estimate of drug-likeness (QED) is 0.442. The maximum Gasteiger partial charge on any atom is 0.269 e. The van der Waals surface area contributed by atoms with Gasteiger partial charge in [-0.1, -0.05) is 6.08 Å². The lowest BCUT2D eigenvalue weighted by molar-refractivity contribution is -0.384. The monoisotopic (exact) mass is 250 g/mol. The number of hydrogen-bond acceptors (Lipinski definition) is 4. The van der Waals surface area contributed by atoms with Crippen LogP contribution < -0.4 is 5.32 Å². The van der Waals surface area contributed by atoms with Gasteiger partial charge in [0, 0.05) is 24.7 Å². The Labute approximate surface area is 106 Å². The Bertz CT molecular complexity index is 403. The van der Waals surface area contributed by atoms with Gasteiger partial charge < -0.3 is 10.4 Å². The number of aliphatic hydroxyl groups excluding tert-OH is 1. The minimum absolute atomic E-state index is 0.0268. The van der Waals surface area contributed by atoms with E-state index in [4.69, 9.17) is 0 Å². The molecule has 18 heavy (non-hydrogen) atoms. The predicted octanol–water partition coefficient (Wildman–Crippen LogP) is 2.18. The van der Waals surface area contributed by atoms with Crippen molar-refractivity contribution in [3.63, 3.8) is 0 Å². The van der Waals surface area contributed by atoms with Crippen LogP contribution in [0.2, 0.25) is 0 Å². The molecule has 0 radical (unpaired) electrons. The topological polar surface area (TPSA) is 75.4 Å². The Kier molecular flexibility index (Phi) is 5.48. The first-order valence-electron chi connectivity index (χ1n) is 5.81. The van der Waals surface area contributed by atoms with Crippen molar-refractivity contribution in [3.05, 3.63) is 52.6 Å². The fourth-order valence-corrected chi connectivity index (χ4v) is 1.58. The molecule has 0 aliphatic heterocycles. The first kappa shape index (κ1) is 14.3. The van der Waals surface area contributed by atoms with Crippen LogP contribution >= 0.6 is 0 Å². The molecule has 0 saturated heterocycles. The summed E-state index contributed by atoms with van der Waals surface area (Å²) < 4.78 is 0. The zero-order valence-corrected chi connectivity index (χ0v) is 10.4. The van der Waals surface area contributed by atoms with Crippen LogP contribution in [0, 0.1) is 10.1 Å². The number of aliphatic hydroxyl groups is 1. The highest BCUT2D eigenvalue weighted by Gasteiger charge is 2.11. The summed E-state index contributed by atoms with van der Waals surface area (Å²) in [6.07, 6.45) is 1.97. The second kappa shape index (κ2) is 6.88. The standard InChI is InChI=1S/C13H18N2O3/c1-3-4-10(2)14-9-13(16)11-5-7-12(8-6-11)15(17)18/h3,5-8,10,13-14,16H,1,4,9H2,2H3. The molecule has 0 spiro atoms. The van der Waals surface area contributed by atoms with Gasteiger partial charge in [-0.15, -0.1) is 6.58 Å². The van der Waals surface area contributed by atoms with E-state index in [1.54, 1.807) is 12.1 Å². The lowest BCUT2D eigenvalue weighted by Gasteiger charge is -2.16. The zero-order chi connectivity index (χ0) is 13.5. The highest BCUT2D eigenvalue weighted by atomic mass is 16.6. The smallest absolute Gasteiger partial charge is 0.269 e. The molecule has 5 heteroatoms. The van der Waals surface area contributed by atoms with Gasteiger partial charge in [0.05, 0.1) is 11.0 Å². The van der Waals surface area contributed by atoms with Crippen molar-refractivity contribution in [1.82, 2.24) is 5.32 Å². The Morgan fingerprint density at radius 2 is 2.11 bits per heavy atom. The van der Waals surface area contributed by atoms with E-state index in [1.165, 1.54) is 12.1 Å². The molecule has 98 valence electrons. The van der Waals surface area contributed by atoms with E-state index >= 15 is 0 Å². The van der Waals surface area contributed by atoms with E-state index in [1.807, 2.05) is 13.0 Å². The third kappa shape index (κ3) is 4.27. The molecule has 0 fully saturated rings. The summed E-state index contributed by atoms with van der Waals surface area (Å²) in [7, 11) is 0. The summed E-state index contributed by atoms with van der Waals surface area (Å²) in [5.74, 6) is 0. The lowest BCUT2D eigenvalue weighted by Crippen LogP contribution is -2.29. The van der Waals surface area contributed by atoms with Crippen LogP contribution in [0.1, 0.15) is 25.0 Å². The number of non-ortho nitro benzene ring substituents is 1. The molecule has 0 saturated carbocycles. The average molecular weight is 250 g/mol. The van der Waals surface area contributed by atoms with Crippen molar-refractivity contribution >= 4 is 5.69 Å². The molecule has 1 aromatic carbocycles. The minimum atomic E-state index is -0.668. The van der Waals surface area contributed by atoms with Crippen LogP contribution in [0.5, 0.6) is 0 Å². The molecule has 0 aliphatic rings. The van der Waals surface area contributed by atoms with Crippen molar-refractivity contribution in [2.75, 3.05) is 6.54 Å². The van der Waals surface area contributed by atoms with Crippen molar-refractivity contribution < 1.29 is 10.0 Å². The Morgan fingerprint density at radius 3 is 2.61 bits per heavy atom. The molecule has 1 rings (SSSR count). The average Bonchev–Trinajstić information content (AvgIpc) is 2.36. The van der Waals surface area contributed by atoms with Gasteiger partial charge in [-0.3, -0.25) is 10.1 Å². The summed E-state index contributed by atoms with van der Waals surface area (Å²) >= 11 is 0. The number of benzene rings is 1. The molecular weight excluding hydrogens is 232 g/mol. The van der Waals surface area contributed by atoms with Gasteiger partial charge in [0.1, 0.15) is 0 Å². The van der Waals surface area contributed by atoms with E-state index in [0.29, 0.717) is 12.1 Å². The van der Waals surface area contributed by atoms with E-state index in [2.05, 4.69) is 11.9 Å². The van der Waals surface area contributed by atoms with E-state index in [-0.39, 0.29) is 11.7 Å². The van der Waals surface area contributed by atoms with Gasteiger partial charge in [0.25, 0.3) is 5.69 Å². The first-order chi connectivity index (χ1) is 8.54. The number of nitro groups is 1. The maximum absolute atomic E-state index is 10.5. The molecule has 0 heterocycles. The van der Waals surface area contributed by atoms with Crippen molar-refractivity contribution in [2.45, 2.75) is 25.5 Å². The van der Waals surface area contributed by atoms with Crippen LogP contribution in [-0.2, 0) is 0 Å². The fraction of sp³-hybridized carbons (Fsp3) is 0.385. The zero-order valence-electron chi connectivity index (χ0n) is 10.4. The molecule has 2 atom stereocenters. The van der Waals surface area contributed by atoms with Gasteiger partial charge in [0.2, 0.25) is 0 Å². The highest BCUT2D eigenvalue weighted by molar-refractivity contribution is 5.33. The minimum Gasteiger partial charge on any atom is -0.387 e. The predicted molar refractivity (Wildman–Crippen MR) is 70.3 cm³/mol. The lowest BCUT2D eigenvalue weighted by atomic mass is 10.1. The van der Waals surface area contributed by atoms with Crippen LogP contribution in [0.4, 0.5) is 5.69 Å². The number of nitro benzene ring substituents is 1. The van der Waals surface area contributed by atoms with Gasteiger partial charge in [-0.2, -0.15) is 0 Å². The van der Waals surface area contributed by atoms with E-state index < -0.39 is 11.0 Å². The van der Waals surface area contributed by atoms with Crippen molar-refractivity contribution in [2.24, 2.45) is 0 Å². The second-order valence-electron chi connectivity index (χ2n) is 4.20. The van der Waals surface area contributed by atoms with E-state index in [0.717, 1.165) is 6.42 Å². The third-order valence-electron chi connectivity index (χ3n) is 2.67. The summed E-state index contributed by atoms with van der Waals surface area (Å²) in [5, 5.41) is 23.6. The summed E-state index contributed by atoms with van der Waals surface area (Å²) in [6.45, 7) is 6.06. The molecule has 1 aromatic rings. The third-order valence-corrected chi connectivity index (χ3v) is 2.67. The number of hydrogen-bond donors (Lipinski definition) is 2. The first-order valence-corrected chi connectivity index (χ1v) is 5.81. The summed E-state index contributed by atoms with van der Waals surface area (Å²) in [4.78, 5) is 10.0. The van der Waals surface area contributed by atoms with Crippen LogP contribution in [0.25, 0.3) is 0 Å². The largest absolute Gasteiger partial charge is 0.387 e. The van der Waals surface area contributed by atoms with Gasteiger partial charge in [-0.25, -0.2) is 0 Å². The number of nitrogens with one attached hydrogen (secondary N) is 1. The van der Waals surface area contributed by atoms with Crippen LogP contribution in [-0.4, -0.2) is 22.6 Å². The summed E-state index contributed by atoms with van der Waals surface area (Å²) in [5.41, 5.74) is 0.692. The maximum atomic E-state index is 10.5. The second-order valence-corrected chi connectivity index (χ2v) is 4.20. The number of rotatable bonds is 7. The normalized spacial score (nSPS) is 13.9. The van der Waals surface area contributed by atoms with Crippen LogP contribution in [0.15, 0.2) is 36.9 Å². The Hall–Kier alpha value is -1.72. The van der Waals surface area contributed by atoms with Gasteiger partial charge >= 0.3 is 0 Å². The SMILES string of the molecule is C=CCC(C)NCC(O)c1ccc([N+](=O)[O-])cc1. The molecule has 2 unspecified atom stereocenters. The molecule has 2 N–H and O–H groups in total. The molecule has 0 aromatic heterocycles. The Morgan fingerprint density at radius 1 is 1.50 bits per heavy atom. The molecule has 0 amide bonds. The van der Waals surface area contributed by atoms with E-state index in [9.17, 15) is 15.2 Å². The molecule has 5 nitrogen and oxygen atoms in total. The fourth-order valence-electron chi connectivity index (χ4n) is 1.58. The van der Waals surface area contributed by atoms with Crippen LogP contribution in [0.3, 0.4) is 0 Å². The Balaban J connectivity index is 2.53. The number of nitrogens with zero attached hydrogens (tertiary/aromatic N) is 1. The van der Waals surface area contributed by atoms with Crippen molar-refractivity contribution in [1.29, 1.82) is 0 Å².